The van der Waals surface area contributed by atoms with Gasteiger partial charge < -0.3 is 14.6 Å². The molecule has 1 aromatic heterocycles. The standard InChI is InChI=1S/C10H11F6N2O2.C2HF3O2/c1-20-7(19)2-3-17-4-5-18(6-17)10(15,16)8(11)9(12,13)14;3-2(4,5)1(6)7/h4-6,8H,2-3H2,1H3;(H,6,7)/q+1;/p-1. The number of halogens is 9. The number of aromatic nitrogens is 2. The zero-order valence-electron chi connectivity index (χ0n) is 13.2. The van der Waals surface area contributed by atoms with Crippen LogP contribution in [0.5, 0.6) is 0 Å². The van der Waals surface area contributed by atoms with Crippen LogP contribution in [0, 0.1) is 0 Å². The first-order valence-corrected chi connectivity index (χ1v) is 6.54. The topological polar surface area (TPSA) is 75.2 Å². The van der Waals surface area contributed by atoms with Crippen molar-refractivity contribution >= 4 is 11.9 Å². The quantitative estimate of drug-likeness (QED) is 0.408. The molecule has 156 valence electrons. The van der Waals surface area contributed by atoms with E-state index >= 15 is 0 Å². The molecule has 6 nitrogen and oxygen atoms in total. The van der Waals surface area contributed by atoms with Gasteiger partial charge in [-0.05, 0) is 0 Å². The van der Waals surface area contributed by atoms with Crippen LogP contribution < -0.4 is 9.67 Å². The molecule has 0 aromatic carbocycles. The Balaban J connectivity index is 0.000000821. The van der Waals surface area contributed by atoms with E-state index in [4.69, 9.17) is 9.90 Å². The highest BCUT2D eigenvalue weighted by Crippen LogP contribution is 2.37. The average molecular weight is 418 g/mol. The number of aliphatic carboxylic acids is 1. The molecule has 0 amide bonds. The number of nitrogens with zero attached hydrogens (tertiary/aromatic N) is 2. The van der Waals surface area contributed by atoms with Gasteiger partial charge in [0.05, 0.1) is 13.5 Å². The van der Waals surface area contributed by atoms with E-state index in [-0.39, 0.29) is 17.5 Å². The summed E-state index contributed by atoms with van der Waals surface area (Å²) in [6, 6.07) is -4.77. The van der Waals surface area contributed by atoms with Crippen molar-refractivity contribution < 1.29 is 63.5 Å². The number of carbonyl (C=O) groups is 2. The molecular weight excluding hydrogens is 407 g/mol. The lowest BCUT2D eigenvalue weighted by atomic mass is 10.3. The fraction of sp³-hybridized carbons (Fsp3) is 0.583. The molecule has 1 heterocycles. The molecule has 0 spiro atoms. The van der Waals surface area contributed by atoms with Gasteiger partial charge in [0.1, 0.15) is 24.9 Å². The number of hydrogen-bond donors (Lipinski definition) is 0. The molecule has 0 saturated carbocycles. The van der Waals surface area contributed by atoms with Gasteiger partial charge in [0.25, 0.3) is 0 Å². The van der Waals surface area contributed by atoms with Crippen molar-refractivity contribution in [3.8, 4) is 0 Å². The fourth-order valence-electron chi connectivity index (χ4n) is 1.35. The van der Waals surface area contributed by atoms with Crippen LogP contribution in [0.1, 0.15) is 6.42 Å². The molecule has 0 radical (unpaired) electrons. The van der Waals surface area contributed by atoms with Gasteiger partial charge in [0.2, 0.25) is 6.33 Å². The zero-order chi connectivity index (χ0) is 21.6. The minimum Gasteiger partial charge on any atom is -0.542 e. The van der Waals surface area contributed by atoms with Crippen LogP contribution in [0.4, 0.5) is 39.5 Å². The van der Waals surface area contributed by atoms with Crippen molar-refractivity contribution in [2.45, 2.75) is 37.5 Å². The van der Waals surface area contributed by atoms with Crippen molar-refractivity contribution in [1.29, 1.82) is 0 Å². The second-order valence-corrected chi connectivity index (χ2v) is 4.66. The third-order valence-corrected chi connectivity index (χ3v) is 2.66. The lowest BCUT2D eigenvalue weighted by Crippen LogP contribution is -2.44. The molecule has 1 atom stereocenters. The highest BCUT2D eigenvalue weighted by Gasteiger charge is 2.61. The van der Waals surface area contributed by atoms with E-state index in [1.165, 1.54) is 0 Å². The summed E-state index contributed by atoms with van der Waals surface area (Å²) in [5.41, 5.74) is 0. The molecule has 0 aliphatic carbocycles. The maximum absolute atomic E-state index is 13.3. The number of alkyl halides is 9. The van der Waals surface area contributed by atoms with Crippen molar-refractivity contribution in [1.82, 2.24) is 4.57 Å². The maximum Gasteiger partial charge on any atom is 0.437 e. The molecule has 1 aromatic rings. The lowest BCUT2D eigenvalue weighted by Gasteiger charge is -2.19. The summed E-state index contributed by atoms with van der Waals surface area (Å²) in [5, 5.41) is 8.78. The molecule has 0 aliphatic rings. The summed E-state index contributed by atoms with van der Waals surface area (Å²) in [6.45, 7) is -0.0846. The zero-order valence-corrected chi connectivity index (χ0v) is 13.2. The Hall–Kier alpha value is -2.48. The van der Waals surface area contributed by atoms with E-state index in [0.29, 0.717) is 12.5 Å². The average Bonchev–Trinajstić information content (AvgIpc) is 3.00. The van der Waals surface area contributed by atoms with Crippen molar-refractivity contribution in [2.24, 2.45) is 0 Å². The minimum atomic E-state index is -5.68. The molecule has 0 bridgehead atoms. The molecule has 1 unspecified atom stereocenters. The van der Waals surface area contributed by atoms with Gasteiger partial charge in [0, 0.05) is 0 Å². The Morgan fingerprint density at radius 1 is 1.15 bits per heavy atom. The second kappa shape index (κ2) is 8.94. The summed E-state index contributed by atoms with van der Waals surface area (Å²) in [6.07, 6.45) is -13.2. The number of carboxylic acid groups (broad SMARTS) is 1. The smallest absolute Gasteiger partial charge is 0.437 e. The number of carboxylic acids is 1. The molecule has 0 N–H and O–H groups in total. The largest absolute Gasteiger partial charge is 0.542 e. The van der Waals surface area contributed by atoms with Gasteiger partial charge >= 0.3 is 30.5 Å². The number of rotatable bonds is 5. The molecule has 1 rings (SSSR count). The van der Waals surface area contributed by atoms with E-state index in [2.05, 4.69) is 4.74 Å². The number of ether oxygens (including phenoxy) is 1. The molecular formula is C12H11F9N2O4. The van der Waals surface area contributed by atoms with E-state index in [0.717, 1.165) is 17.9 Å². The normalized spacial score (nSPS) is 13.4. The van der Waals surface area contributed by atoms with Gasteiger partial charge in [-0.3, -0.25) is 4.79 Å². The Morgan fingerprint density at radius 2 is 1.63 bits per heavy atom. The van der Waals surface area contributed by atoms with E-state index in [9.17, 15) is 44.3 Å². The van der Waals surface area contributed by atoms with Crippen LogP contribution in [0.25, 0.3) is 0 Å². The summed E-state index contributed by atoms with van der Waals surface area (Å²) >= 11 is 0. The Kier molecular flexibility index (Phi) is 8.12. The van der Waals surface area contributed by atoms with Crippen LogP contribution >= 0.6 is 0 Å². The first-order chi connectivity index (χ1) is 12.0. The van der Waals surface area contributed by atoms with Gasteiger partial charge in [-0.1, -0.05) is 0 Å². The number of imidazole rings is 1. The fourth-order valence-corrected chi connectivity index (χ4v) is 1.35. The SMILES string of the molecule is COC(=O)CC[n+]1ccn(C(F)(F)C(F)C(F)(F)F)c1.O=C([O-])C(F)(F)F. The van der Waals surface area contributed by atoms with Crippen LogP contribution in [0.3, 0.4) is 0 Å². The third kappa shape index (κ3) is 7.74. The van der Waals surface area contributed by atoms with Gasteiger partial charge in [0.15, 0.2) is 0 Å². The van der Waals surface area contributed by atoms with Gasteiger partial charge in [-0.2, -0.15) is 39.7 Å². The van der Waals surface area contributed by atoms with Crippen molar-refractivity contribution in [3.05, 3.63) is 18.7 Å². The predicted molar refractivity (Wildman–Crippen MR) is 63.5 cm³/mol. The Morgan fingerprint density at radius 3 is 2.00 bits per heavy atom. The highest BCUT2D eigenvalue weighted by molar-refractivity contribution is 5.70. The lowest BCUT2D eigenvalue weighted by molar-refractivity contribution is -0.696. The van der Waals surface area contributed by atoms with E-state index < -0.39 is 36.5 Å². The first kappa shape index (κ1) is 24.5. The predicted octanol–water partition coefficient (Wildman–Crippen LogP) is 1.09. The molecule has 27 heavy (non-hydrogen) atoms. The monoisotopic (exact) mass is 418 g/mol. The van der Waals surface area contributed by atoms with Gasteiger partial charge in [-0.15, -0.1) is 0 Å². The van der Waals surface area contributed by atoms with Crippen molar-refractivity contribution in [2.75, 3.05) is 7.11 Å². The number of methoxy groups -OCH3 is 1. The minimum absolute atomic E-state index is 0.0846. The Labute approximate surface area is 144 Å². The summed E-state index contributed by atoms with van der Waals surface area (Å²) in [7, 11) is 1.13. The van der Waals surface area contributed by atoms with Gasteiger partial charge in [-0.25, -0.2) is 8.96 Å². The number of carbonyl (C=O) groups excluding carboxylic acids is 2. The van der Waals surface area contributed by atoms with E-state index in [1.807, 2.05) is 0 Å². The highest BCUT2D eigenvalue weighted by atomic mass is 19.4. The third-order valence-electron chi connectivity index (χ3n) is 2.66. The number of aryl methyl sites for hydroxylation is 1. The summed E-state index contributed by atoms with van der Waals surface area (Å²) in [4.78, 5) is 19.6. The number of esters is 1. The Bertz CT molecular complexity index is 640. The summed E-state index contributed by atoms with van der Waals surface area (Å²) in [5.74, 6) is -3.62. The van der Waals surface area contributed by atoms with Crippen LogP contribution in [0.15, 0.2) is 18.7 Å². The summed E-state index contributed by atoms with van der Waals surface area (Å²) < 4.78 is 112. The molecule has 0 saturated heterocycles. The number of hydrogen-bond acceptors (Lipinski definition) is 4. The van der Waals surface area contributed by atoms with Crippen LogP contribution in [-0.4, -0.2) is 42.1 Å². The second-order valence-electron chi connectivity index (χ2n) is 4.66. The molecule has 0 aliphatic heterocycles. The van der Waals surface area contributed by atoms with Crippen LogP contribution in [-0.2, 0) is 26.9 Å². The first-order valence-electron chi connectivity index (χ1n) is 6.54. The van der Waals surface area contributed by atoms with Crippen molar-refractivity contribution in [3.63, 3.8) is 0 Å². The molecule has 0 fully saturated rings. The van der Waals surface area contributed by atoms with Crippen LogP contribution in [0.2, 0.25) is 0 Å². The maximum atomic E-state index is 13.3. The van der Waals surface area contributed by atoms with E-state index in [1.54, 1.807) is 0 Å². The molecule has 15 heteroatoms.